The molecule has 1 N–H and O–H groups in total. The van der Waals surface area contributed by atoms with Crippen molar-refractivity contribution in [2.24, 2.45) is 0 Å². The van der Waals surface area contributed by atoms with Gasteiger partial charge in [-0.15, -0.1) is 0 Å². The average Bonchev–Trinajstić information content (AvgIpc) is 2.74. The van der Waals surface area contributed by atoms with Crippen molar-refractivity contribution in [3.8, 4) is 11.4 Å². The van der Waals surface area contributed by atoms with Crippen LogP contribution in [0.3, 0.4) is 0 Å². The molecule has 3 aromatic carbocycles. The van der Waals surface area contributed by atoms with E-state index in [4.69, 9.17) is 0 Å². The summed E-state index contributed by atoms with van der Waals surface area (Å²) in [4.78, 5) is 21.7. The van der Waals surface area contributed by atoms with Gasteiger partial charge in [0.25, 0.3) is 0 Å². The fourth-order valence-corrected chi connectivity index (χ4v) is 4.34. The molecule has 4 nitrogen and oxygen atoms in total. The van der Waals surface area contributed by atoms with Crippen LogP contribution in [0.2, 0.25) is 0 Å². The SMILES string of the molecule is Cc1ccc(NC(=O)CSc2nc(-c3ccccc3)nc3ccc(F)cc23)c(Br)c1. The van der Waals surface area contributed by atoms with E-state index in [1.165, 1.54) is 23.9 Å². The molecule has 150 valence electrons. The number of hydrogen-bond donors (Lipinski definition) is 1. The summed E-state index contributed by atoms with van der Waals surface area (Å²) in [6, 6.07) is 19.7. The molecule has 1 aromatic heterocycles. The molecule has 0 fully saturated rings. The Morgan fingerprint density at radius 3 is 2.63 bits per heavy atom. The molecule has 30 heavy (non-hydrogen) atoms. The van der Waals surface area contributed by atoms with Crippen molar-refractivity contribution in [3.05, 3.63) is 82.6 Å². The molecule has 0 saturated heterocycles. The summed E-state index contributed by atoms with van der Waals surface area (Å²) in [6.45, 7) is 1.98. The van der Waals surface area contributed by atoms with Crippen LogP contribution in [0.15, 0.2) is 76.2 Å². The number of nitrogens with one attached hydrogen (secondary N) is 1. The van der Waals surface area contributed by atoms with Crippen LogP contribution < -0.4 is 5.32 Å². The number of benzene rings is 3. The van der Waals surface area contributed by atoms with Crippen molar-refractivity contribution in [3.63, 3.8) is 0 Å². The zero-order valence-corrected chi connectivity index (χ0v) is 18.4. The maximum absolute atomic E-state index is 13.9. The van der Waals surface area contributed by atoms with Crippen molar-refractivity contribution in [1.29, 1.82) is 0 Å². The number of carbonyl (C=O) groups is 1. The zero-order valence-electron chi connectivity index (χ0n) is 16.0. The Bertz CT molecular complexity index is 1230. The summed E-state index contributed by atoms with van der Waals surface area (Å²) in [5.41, 5.74) is 3.29. The molecule has 0 radical (unpaired) electrons. The Morgan fingerprint density at radius 1 is 1.07 bits per heavy atom. The quantitative estimate of drug-likeness (QED) is 0.270. The lowest BCUT2D eigenvalue weighted by Gasteiger charge is -2.10. The van der Waals surface area contributed by atoms with Crippen LogP contribution in [0.1, 0.15) is 5.56 Å². The van der Waals surface area contributed by atoms with Crippen molar-refractivity contribution >= 4 is 50.2 Å². The van der Waals surface area contributed by atoms with E-state index in [9.17, 15) is 9.18 Å². The molecule has 0 aliphatic carbocycles. The van der Waals surface area contributed by atoms with E-state index >= 15 is 0 Å². The summed E-state index contributed by atoms with van der Waals surface area (Å²) in [5, 5.41) is 4.04. The normalized spacial score (nSPS) is 10.9. The standard InChI is InChI=1S/C23H17BrFN3OS/c1-14-7-9-20(18(24)11-14)26-21(29)13-30-23-17-12-16(25)8-10-19(17)27-22(28-23)15-5-3-2-4-6-15/h2-12H,13H2,1H3,(H,26,29). The first-order valence-corrected chi connectivity index (χ1v) is 11.0. The predicted molar refractivity (Wildman–Crippen MR) is 123 cm³/mol. The summed E-state index contributed by atoms with van der Waals surface area (Å²) in [5.74, 6) is 0.137. The maximum Gasteiger partial charge on any atom is 0.234 e. The number of nitrogens with zero attached hydrogens (tertiary/aromatic N) is 2. The number of rotatable bonds is 5. The van der Waals surface area contributed by atoms with Gasteiger partial charge >= 0.3 is 0 Å². The van der Waals surface area contributed by atoms with Crippen molar-refractivity contribution in [1.82, 2.24) is 9.97 Å². The van der Waals surface area contributed by atoms with Gasteiger partial charge in [0.1, 0.15) is 10.8 Å². The largest absolute Gasteiger partial charge is 0.324 e. The third-order valence-corrected chi connectivity index (χ3v) is 6.04. The van der Waals surface area contributed by atoms with E-state index in [1.807, 2.05) is 55.5 Å². The Labute approximate surface area is 186 Å². The average molecular weight is 482 g/mol. The summed E-state index contributed by atoms with van der Waals surface area (Å²) in [6.07, 6.45) is 0. The van der Waals surface area contributed by atoms with Gasteiger partial charge in [-0.2, -0.15) is 0 Å². The second kappa shape index (κ2) is 8.93. The van der Waals surface area contributed by atoms with Gasteiger partial charge in [-0.3, -0.25) is 4.79 Å². The molecule has 0 atom stereocenters. The minimum absolute atomic E-state index is 0.136. The van der Waals surface area contributed by atoms with E-state index in [1.54, 1.807) is 6.07 Å². The van der Waals surface area contributed by atoms with Gasteiger partial charge in [0.2, 0.25) is 5.91 Å². The Morgan fingerprint density at radius 2 is 1.87 bits per heavy atom. The monoisotopic (exact) mass is 481 g/mol. The van der Waals surface area contributed by atoms with Gasteiger partial charge in [0, 0.05) is 15.4 Å². The van der Waals surface area contributed by atoms with Gasteiger partial charge in [0.05, 0.1) is 17.0 Å². The number of carbonyl (C=O) groups excluding carboxylic acids is 1. The van der Waals surface area contributed by atoms with Gasteiger partial charge in [-0.25, -0.2) is 14.4 Å². The van der Waals surface area contributed by atoms with Gasteiger partial charge in [-0.1, -0.05) is 48.2 Å². The minimum Gasteiger partial charge on any atom is -0.324 e. The minimum atomic E-state index is -0.367. The van der Waals surface area contributed by atoms with E-state index < -0.39 is 0 Å². The van der Waals surface area contributed by atoms with E-state index in [0.717, 1.165) is 15.6 Å². The van der Waals surface area contributed by atoms with Crippen LogP contribution in [0.4, 0.5) is 10.1 Å². The van der Waals surface area contributed by atoms with E-state index in [2.05, 4.69) is 31.2 Å². The molecular formula is C23H17BrFN3OS. The summed E-state index contributed by atoms with van der Waals surface area (Å²) in [7, 11) is 0. The summed E-state index contributed by atoms with van der Waals surface area (Å²) >= 11 is 4.72. The summed E-state index contributed by atoms with van der Waals surface area (Å²) < 4.78 is 14.7. The molecule has 0 bridgehead atoms. The third-order valence-electron chi connectivity index (χ3n) is 4.39. The first-order valence-electron chi connectivity index (χ1n) is 9.21. The zero-order chi connectivity index (χ0) is 21.1. The lowest BCUT2D eigenvalue weighted by atomic mass is 10.2. The van der Waals surface area contributed by atoms with Gasteiger partial charge < -0.3 is 5.32 Å². The van der Waals surface area contributed by atoms with Crippen LogP contribution >= 0.6 is 27.7 Å². The molecular weight excluding hydrogens is 465 g/mol. The van der Waals surface area contributed by atoms with Crippen LogP contribution in [-0.2, 0) is 4.79 Å². The molecule has 1 heterocycles. The maximum atomic E-state index is 13.9. The fraction of sp³-hybridized carbons (Fsp3) is 0.0870. The number of aryl methyl sites for hydroxylation is 1. The first-order chi connectivity index (χ1) is 14.5. The lowest BCUT2D eigenvalue weighted by Crippen LogP contribution is -2.14. The third kappa shape index (κ3) is 4.68. The molecule has 0 aliphatic rings. The number of fused-ring (bicyclic) bond motifs is 1. The highest BCUT2D eigenvalue weighted by Crippen LogP contribution is 2.30. The fourth-order valence-electron chi connectivity index (χ4n) is 2.94. The van der Waals surface area contributed by atoms with Crippen molar-refractivity contribution < 1.29 is 9.18 Å². The molecule has 0 aliphatic heterocycles. The second-order valence-electron chi connectivity index (χ2n) is 6.70. The van der Waals surface area contributed by atoms with Crippen molar-refractivity contribution in [2.45, 2.75) is 11.9 Å². The molecule has 7 heteroatoms. The van der Waals surface area contributed by atoms with Crippen LogP contribution in [0.5, 0.6) is 0 Å². The second-order valence-corrected chi connectivity index (χ2v) is 8.52. The highest BCUT2D eigenvalue weighted by Gasteiger charge is 2.13. The predicted octanol–water partition coefficient (Wildman–Crippen LogP) is 6.24. The first kappa shape index (κ1) is 20.5. The van der Waals surface area contributed by atoms with Crippen LogP contribution in [0, 0.1) is 12.7 Å². The van der Waals surface area contributed by atoms with Crippen LogP contribution in [0.25, 0.3) is 22.3 Å². The van der Waals surface area contributed by atoms with Gasteiger partial charge in [-0.05, 0) is 58.7 Å². The Hall–Kier alpha value is -2.77. The number of halogens is 2. The van der Waals surface area contributed by atoms with Crippen molar-refractivity contribution in [2.75, 3.05) is 11.1 Å². The Kier molecular flexibility index (Phi) is 6.11. The van der Waals surface area contributed by atoms with E-state index in [0.29, 0.717) is 27.4 Å². The molecule has 0 unspecified atom stereocenters. The van der Waals surface area contributed by atoms with Gasteiger partial charge in [0.15, 0.2) is 5.82 Å². The molecule has 0 saturated carbocycles. The molecule has 4 aromatic rings. The number of thioether (sulfide) groups is 1. The molecule has 4 rings (SSSR count). The lowest BCUT2D eigenvalue weighted by molar-refractivity contribution is -0.113. The number of aromatic nitrogens is 2. The molecule has 1 amide bonds. The molecule has 0 spiro atoms. The highest BCUT2D eigenvalue weighted by molar-refractivity contribution is 9.10. The number of anilines is 1. The number of hydrogen-bond acceptors (Lipinski definition) is 4. The smallest absolute Gasteiger partial charge is 0.234 e. The van der Waals surface area contributed by atoms with E-state index in [-0.39, 0.29) is 17.5 Å². The highest BCUT2D eigenvalue weighted by atomic mass is 79.9. The number of amides is 1. The Balaban J connectivity index is 1.60. The van der Waals surface area contributed by atoms with Crippen LogP contribution in [-0.4, -0.2) is 21.6 Å². The topological polar surface area (TPSA) is 54.9 Å².